The molecule has 26 heavy (non-hydrogen) atoms. The molecule has 2 unspecified atom stereocenters. The molecule has 0 fully saturated rings. The van der Waals surface area contributed by atoms with Crippen molar-refractivity contribution in [3.05, 3.63) is 65.2 Å². The van der Waals surface area contributed by atoms with Crippen LogP contribution in [0.2, 0.25) is 0 Å². The predicted octanol–water partition coefficient (Wildman–Crippen LogP) is 2.65. The molecule has 5 nitrogen and oxygen atoms in total. The van der Waals surface area contributed by atoms with Gasteiger partial charge in [0.05, 0.1) is 5.25 Å². The van der Waals surface area contributed by atoms with E-state index in [-0.39, 0.29) is 17.8 Å². The number of nitrogens with one attached hydrogen (secondary N) is 1. The van der Waals surface area contributed by atoms with E-state index < -0.39 is 6.10 Å². The third-order valence-corrected chi connectivity index (χ3v) is 4.91. The highest BCUT2D eigenvalue weighted by Crippen LogP contribution is 2.20. The maximum absolute atomic E-state index is 11.8. The lowest BCUT2D eigenvalue weighted by atomic mass is 10.1. The molecule has 0 saturated heterocycles. The number of hydrogen-bond acceptors (Lipinski definition) is 5. The van der Waals surface area contributed by atoms with Crippen molar-refractivity contribution in [2.45, 2.75) is 24.7 Å². The molecule has 138 valence electrons. The zero-order valence-electron chi connectivity index (χ0n) is 14.8. The van der Waals surface area contributed by atoms with Gasteiger partial charge in [0.25, 0.3) is 0 Å². The molecule has 2 aromatic carbocycles. The molecule has 2 N–H and O–H groups in total. The fourth-order valence-electron chi connectivity index (χ4n) is 2.52. The van der Waals surface area contributed by atoms with Gasteiger partial charge in [0.1, 0.15) is 18.5 Å². The number of ether oxygens (including phenoxy) is 1. The Hall–Kier alpha value is -2.31. The Morgan fingerprint density at radius 3 is 2.62 bits per heavy atom. The molecule has 2 rings (SSSR count). The fourth-order valence-corrected chi connectivity index (χ4v) is 3.16. The van der Waals surface area contributed by atoms with Crippen molar-refractivity contribution in [3.8, 4) is 5.75 Å². The average molecular weight is 373 g/mol. The van der Waals surface area contributed by atoms with Crippen molar-refractivity contribution in [1.82, 2.24) is 5.32 Å². The molecule has 0 aliphatic carbocycles. The first-order chi connectivity index (χ1) is 12.5. The molecule has 2 atom stereocenters. The first kappa shape index (κ1) is 20.0. The molecule has 0 radical (unpaired) electrons. The summed E-state index contributed by atoms with van der Waals surface area (Å²) < 4.78 is 5.65. The summed E-state index contributed by atoms with van der Waals surface area (Å²) >= 11 is 1.39. The molecule has 0 heterocycles. The molecule has 6 heteroatoms. The third-order valence-electron chi connectivity index (χ3n) is 3.96. The summed E-state index contributed by atoms with van der Waals surface area (Å²) in [5.74, 6) is 0.354. The van der Waals surface area contributed by atoms with Gasteiger partial charge in [0.15, 0.2) is 0 Å². The zero-order chi connectivity index (χ0) is 18.9. The Balaban J connectivity index is 1.90. The lowest BCUT2D eigenvalue weighted by Crippen LogP contribution is -2.32. The average Bonchev–Trinajstić information content (AvgIpc) is 2.65. The van der Waals surface area contributed by atoms with E-state index in [4.69, 9.17) is 4.74 Å². The van der Waals surface area contributed by atoms with Crippen molar-refractivity contribution >= 4 is 24.1 Å². The van der Waals surface area contributed by atoms with Crippen LogP contribution in [0.3, 0.4) is 0 Å². The van der Waals surface area contributed by atoms with Crippen LogP contribution in [0.25, 0.3) is 0 Å². The van der Waals surface area contributed by atoms with E-state index in [0.29, 0.717) is 18.6 Å². The third kappa shape index (κ3) is 5.89. The van der Waals surface area contributed by atoms with E-state index in [1.807, 2.05) is 61.7 Å². The van der Waals surface area contributed by atoms with E-state index >= 15 is 0 Å². The number of carbonyl (C=O) groups is 2. The normalized spacial score (nSPS) is 12.9. The first-order valence-corrected chi connectivity index (χ1v) is 9.55. The molecule has 0 spiro atoms. The van der Waals surface area contributed by atoms with Crippen molar-refractivity contribution in [2.75, 3.05) is 12.9 Å². The van der Waals surface area contributed by atoms with Crippen molar-refractivity contribution in [2.24, 2.45) is 0 Å². The van der Waals surface area contributed by atoms with Crippen molar-refractivity contribution in [1.29, 1.82) is 0 Å². The van der Waals surface area contributed by atoms with Crippen LogP contribution in [0.4, 0.5) is 0 Å². The standard InChI is InChI=1S/C20H23NO4S/c1-14-4-3-5-16(10-14)18(23)12-25-17-8-6-15(7-9-17)11-19(26-2)20(24)21-13-22/h3-10,13,18-19,23H,11-12H2,1-2H3,(H,21,22,24). The summed E-state index contributed by atoms with van der Waals surface area (Å²) in [6.45, 7) is 2.14. The number of carbonyl (C=O) groups excluding carboxylic acids is 2. The largest absolute Gasteiger partial charge is 0.491 e. The number of aryl methyl sites for hydroxylation is 1. The number of thioether (sulfide) groups is 1. The molecule has 0 aromatic heterocycles. The molecule has 0 aliphatic heterocycles. The Morgan fingerprint density at radius 2 is 2.00 bits per heavy atom. The van der Waals surface area contributed by atoms with Crippen LogP contribution in [-0.2, 0) is 16.0 Å². The summed E-state index contributed by atoms with van der Waals surface area (Å²) in [6, 6.07) is 15.1. The topological polar surface area (TPSA) is 75.6 Å². The number of imide groups is 1. The van der Waals surface area contributed by atoms with Gasteiger partial charge < -0.3 is 9.84 Å². The molecule has 0 aliphatic rings. The summed E-state index contributed by atoms with van der Waals surface area (Å²) in [5.41, 5.74) is 2.88. The molecule has 0 saturated carbocycles. The zero-order valence-corrected chi connectivity index (χ0v) is 15.7. The second kappa shape index (κ2) is 9.99. The number of aliphatic hydroxyl groups is 1. The van der Waals surface area contributed by atoms with Crippen molar-refractivity contribution in [3.63, 3.8) is 0 Å². The van der Waals surface area contributed by atoms with E-state index in [9.17, 15) is 14.7 Å². The van der Waals surface area contributed by atoms with Gasteiger partial charge in [-0.05, 0) is 42.9 Å². The summed E-state index contributed by atoms with van der Waals surface area (Å²) in [7, 11) is 0. The van der Waals surface area contributed by atoms with Crippen LogP contribution in [-0.4, -0.2) is 35.5 Å². The second-order valence-electron chi connectivity index (χ2n) is 5.94. The second-order valence-corrected chi connectivity index (χ2v) is 6.98. The van der Waals surface area contributed by atoms with Crippen LogP contribution in [0.15, 0.2) is 48.5 Å². The summed E-state index contributed by atoms with van der Waals surface area (Å²) in [5, 5.41) is 12.1. The van der Waals surface area contributed by atoms with Gasteiger partial charge in [-0.3, -0.25) is 14.9 Å². The lowest BCUT2D eigenvalue weighted by Gasteiger charge is -2.15. The monoisotopic (exact) mass is 373 g/mol. The van der Waals surface area contributed by atoms with Gasteiger partial charge in [-0.1, -0.05) is 42.0 Å². The maximum atomic E-state index is 11.8. The van der Waals surface area contributed by atoms with E-state index in [0.717, 1.165) is 16.7 Å². The first-order valence-electron chi connectivity index (χ1n) is 8.26. The highest BCUT2D eigenvalue weighted by molar-refractivity contribution is 7.99. The van der Waals surface area contributed by atoms with E-state index in [1.54, 1.807) is 0 Å². The van der Waals surface area contributed by atoms with Gasteiger partial charge in [0.2, 0.25) is 12.3 Å². The van der Waals surface area contributed by atoms with Gasteiger partial charge in [-0.15, -0.1) is 0 Å². The SMILES string of the molecule is CSC(Cc1ccc(OCC(O)c2cccc(C)c2)cc1)C(=O)NC=O. The van der Waals surface area contributed by atoms with Crippen LogP contribution in [0, 0.1) is 6.92 Å². The molecular formula is C20H23NO4S. The summed E-state index contributed by atoms with van der Waals surface area (Å²) in [6.07, 6.45) is 2.07. The number of aliphatic hydroxyl groups excluding tert-OH is 1. The number of hydrogen-bond donors (Lipinski definition) is 2. The molecule has 2 amide bonds. The minimum absolute atomic E-state index is 0.165. The Labute approximate surface area is 157 Å². The van der Waals surface area contributed by atoms with Crippen molar-refractivity contribution < 1.29 is 19.4 Å². The van der Waals surface area contributed by atoms with Crippen LogP contribution in [0.1, 0.15) is 22.8 Å². The minimum atomic E-state index is -0.692. The van der Waals surface area contributed by atoms with Gasteiger partial charge in [-0.2, -0.15) is 11.8 Å². The number of benzene rings is 2. The smallest absolute Gasteiger partial charge is 0.239 e. The van der Waals surface area contributed by atoms with Crippen LogP contribution < -0.4 is 10.1 Å². The Bertz CT molecular complexity index is 733. The Morgan fingerprint density at radius 1 is 1.27 bits per heavy atom. The van der Waals surface area contributed by atoms with Crippen LogP contribution in [0.5, 0.6) is 5.75 Å². The number of amides is 2. The Kier molecular flexibility index (Phi) is 7.69. The van der Waals surface area contributed by atoms with E-state index in [2.05, 4.69) is 5.32 Å². The van der Waals surface area contributed by atoms with Crippen LogP contribution >= 0.6 is 11.8 Å². The molecular weight excluding hydrogens is 350 g/mol. The fraction of sp³-hybridized carbons (Fsp3) is 0.300. The minimum Gasteiger partial charge on any atom is -0.491 e. The van der Waals surface area contributed by atoms with Gasteiger partial charge >= 0.3 is 0 Å². The predicted molar refractivity (Wildman–Crippen MR) is 103 cm³/mol. The maximum Gasteiger partial charge on any atom is 0.239 e. The molecule has 2 aromatic rings. The highest BCUT2D eigenvalue weighted by Gasteiger charge is 2.17. The van der Waals surface area contributed by atoms with Gasteiger partial charge in [-0.25, -0.2) is 0 Å². The molecule has 0 bridgehead atoms. The quantitative estimate of drug-likeness (QED) is 0.661. The van der Waals surface area contributed by atoms with E-state index in [1.165, 1.54) is 11.8 Å². The summed E-state index contributed by atoms with van der Waals surface area (Å²) in [4.78, 5) is 22.2. The lowest BCUT2D eigenvalue weighted by molar-refractivity contribution is -0.124. The number of rotatable bonds is 9. The highest BCUT2D eigenvalue weighted by atomic mass is 32.2. The van der Waals surface area contributed by atoms with Gasteiger partial charge in [0, 0.05) is 0 Å².